The Morgan fingerprint density at radius 1 is 1.82 bits per heavy atom. The molecule has 64 valence electrons. The minimum Gasteiger partial charge on any atom is -0.355 e. The highest BCUT2D eigenvalue weighted by molar-refractivity contribution is 5.82. The molecule has 2 atom stereocenters. The molecule has 1 heterocycles. The second-order valence-electron chi connectivity index (χ2n) is 2.69. The summed E-state index contributed by atoms with van der Waals surface area (Å²) in [6.45, 7) is 2.76. The summed E-state index contributed by atoms with van der Waals surface area (Å²) in [4.78, 5) is 11.1. The lowest BCUT2D eigenvalue weighted by Gasteiger charge is -2.08. The van der Waals surface area contributed by atoms with Crippen LogP contribution in [0.2, 0.25) is 0 Å². The molecule has 0 aromatic carbocycles. The molecule has 0 saturated carbocycles. The van der Waals surface area contributed by atoms with Crippen LogP contribution in [0.1, 0.15) is 13.3 Å². The fourth-order valence-corrected chi connectivity index (χ4v) is 1.19. The fraction of sp³-hybridized carbons (Fsp3) is 0.857. The van der Waals surface area contributed by atoms with E-state index in [1.165, 1.54) is 0 Å². The largest absolute Gasteiger partial charge is 0.355 e. The second kappa shape index (κ2) is 3.67. The molecule has 11 heavy (non-hydrogen) atoms. The molecule has 1 amide bonds. The van der Waals surface area contributed by atoms with Gasteiger partial charge in [0, 0.05) is 19.5 Å². The van der Waals surface area contributed by atoms with Crippen molar-refractivity contribution in [1.29, 1.82) is 0 Å². The van der Waals surface area contributed by atoms with Crippen molar-refractivity contribution in [2.75, 3.05) is 13.1 Å². The first-order valence-electron chi connectivity index (χ1n) is 3.89. The van der Waals surface area contributed by atoms with Gasteiger partial charge in [0.2, 0.25) is 5.91 Å². The summed E-state index contributed by atoms with van der Waals surface area (Å²) < 4.78 is 12.5. The van der Waals surface area contributed by atoms with Crippen molar-refractivity contribution >= 4 is 5.91 Å². The molecule has 3 nitrogen and oxygen atoms in total. The average Bonchev–Trinajstić information content (AvgIpc) is 2.36. The molecular weight excluding hydrogens is 147 g/mol. The molecule has 0 aromatic heterocycles. The molecule has 1 aliphatic heterocycles. The number of alkyl halides is 1. The first-order chi connectivity index (χ1) is 5.24. The van der Waals surface area contributed by atoms with Gasteiger partial charge in [0.05, 0.1) is 6.04 Å². The monoisotopic (exact) mass is 160 g/mol. The number of halogens is 1. The molecule has 2 N–H and O–H groups in total. The van der Waals surface area contributed by atoms with Crippen LogP contribution in [0, 0.1) is 0 Å². The fourth-order valence-electron chi connectivity index (χ4n) is 1.19. The summed E-state index contributed by atoms with van der Waals surface area (Å²) in [5.74, 6) is -0.0901. The topological polar surface area (TPSA) is 41.1 Å². The van der Waals surface area contributed by atoms with Gasteiger partial charge in [-0.15, -0.1) is 0 Å². The molecule has 1 unspecified atom stereocenters. The minimum atomic E-state index is -0.859. The molecule has 1 saturated heterocycles. The third kappa shape index (κ3) is 2.15. The van der Waals surface area contributed by atoms with Crippen molar-refractivity contribution in [2.24, 2.45) is 0 Å². The van der Waals surface area contributed by atoms with Crippen LogP contribution in [0.3, 0.4) is 0 Å². The van der Waals surface area contributed by atoms with Gasteiger partial charge in [-0.2, -0.15) is 0 Å². The normalized spacial score (nSPS) is 30.4. The molecule has 4 heteroatoms. The average molecular weight is 160 g/mol. The van der Waals surface area contributed by atoms with Crippen LogP contribution < -0.4 is 10.6 Å². The maximum Gasteiger partial charge on any atom is 0.237 e. The van der Waals surface area contributed by atoms with Gasteiger partial charge < -0.3 is 10.6 Å². The Balaban J connectivity index is 2.31. The van der Waals surface area contributed by atoms with E-state index >= 15 is 0 Å². The summed E-state index contributed by atoms with van der Waals surface area (Å²) in [5, 5.41) is 5.44. The van der Waals surface area contributed by atoms with E-state index in [4.69, 9.17) is 0 Å². The lowest BCUT2D eigenvalue weighted by molar-refractivity contribution is -0.122. The van der Waals surface area contributed by atoms with Gasteiger partial charge >= 0.3 is 0 Å². The van der Waals surface area contributed by atoms with Crippen LogP contribution in [0.15, 0.2) is 0 Å². The Morgan fingerprint density at radius 2 is 2.55 bits per heavy atom. The number of carbonyl (C=O) groups is 1. The molecule has 0 aromatic rings. The Kier molecular flexibility index (Phi) is 2.82. The molecule has 0 aliphatic carbocycles. The number of hydrogen-bond acceptors (Lipinski definition) is 2. The second-order valence-corrected chi connectivity index (χ2v) is 2.69. The maximum atomic E-state index is 12.5. The highest BCUT2D eigenvalue weighted by atomic mass is 19.1. The zero-order valence-corrected chi connectivity index (χ0v) is 6.56. The predicted molar refractivity (Wildman–Crippen MR) is 40.0 cm³/mol. The number of hydrogen-bond donors (Lipinski definition) is 2. The maximum absolute atomic E-state index is 12.5. The van der Waals surface area contributed by atoms with Crippen molar-refractivity contribution in [2.45, 2.75) is 25.6 Å². The molecular formula is C7H13FN2O. The third-order valence-electron chi connectivity index (χ3n) is 1.74. The van der Waals surface area contributed by atoms with Gasteiger partial charge in [0.15, 0.2) is 0 Å². The molecule has 1 aliphatic rings. The number of rotatable bonds is 2. The summed E-state index contributed by atoms with van der Waals surface area (Å²) >= 11 is 0. The van der Waals surface area contributed by atoms with Gasteiger partial charge in [0.1, 0.15) is 6.17 Å². The number of likely N-dealkylation sites (N-methyl/N-ethyl adjacent to an activating group) is 1. The Labute approximate surface area is 65.3 Å². The van der Waals surface area contributed by atoms with Crippen LogP contribution in [0.4, 0.5) is 4.39 Å². The van der Waals surface area contributed by atoms with Gasteiger partial charge in [0.25, 0.3) is 0 Å². The molecule has 1 fully saturated rings. The van der Waals surface area contributed by atoms with Crippen LogP contribution in [0.25, 0.3) is 0 Å². The quantitative estimate of drug-likeness (QED) is 0.588. The van der Waals surface area contributed by atoms with Crippen molar-refractivity contribution in [3.05, 3.63) is 0 Å². The van der Waals surface area contributed by atoms with Crippen LogP contribution in [0.5, 0.6) is 0 Å². The predicted octanol–water partition coefficient (Wildman–Crippen LogP) is -0.177. The molecule has 0 spiro atoms. The van der Waals surface area contributed by atoms with Gasteiger partial charge in [-0.25, -0.2) is 4.39 Å². The SMILES string of the molecule is CCNC(=O)[C@@H]1CC(F)CN1. The Morgan fingerprint density at radius 3 is 3.00 bits per heavy atom. The van der Waals surface area contributed by atoms with E-state index in [0.717, 1.165) is 0 Å². The highest BCUT2D eigenvalue weighted by Crippen LogP contribution is 2.09. The number of amides is 1. The van der Waals surface area contributed by atoms with Gasteiger partial charge in [-0.1, -0.05) is 0 Å². The summed E-state index contributed by atoms with van der Waals surface area (Å²) in [7, 11) is 0. The highest BCUT2D eigenvalue weighted by Gasteiger charge is 2.28. The minimum absolute atomic E-state index is 0.0901. The molecule has 0 radical (unpaired) electrons. The third-order valence-corrected chi connectivity index (χ3v) is 1.74. The number of carbonyl (C=O) groups excluding carboxylic acids is 1. The van der Waals surface area contributed by atoms with Crippen molar-refractivity contribution in [1.82, 2.24) is 10.6 Å². The van der Waals surface area contributed by atoms with E-state index in [2.05, 4.69) is 10.6 Å². The first-order valence-corrected chi connectivity index (χ1v) is 3.89. The van der Waals surface area contributed by atoms with E-state index in [0.29, 0.717) is 19.5 Å². The van der Waals surface area contributed by atoms with Gasteiger partial charge in [-0.3, -0.25) is 4.79 Å². The van der Waals surface area contributed by atoms with E-state index in [1.54, 1.807) is 0 Å². The number of nitrogens with one attached hydrogen (secondary N) is 2. The Hall–Kier alpha value is -0.640. The van der Waals surface area contributed by atoms with E-state index in [9.17, 15) is 9.18 Å². The molecule has 1 rings (SSSR count). The summed E-state index contributed by atoms with van der Waals surface area (Å²) in [5.41, 5.74) is 0. The van der Waals surface area contributed by atoms with E-state index in [-0.39, 0.29) is 11.9 Å². The summed E-state index contributed by atoms with van der Waals surface area (Å²) in [6.07, 6.45) is -0.547. The van der Waals surface area contributed by atoms with E-state index in [1.807, 2.05) is 6.92 Å². The first kappa shape index (κ1) is 8.46. The van der Waals surface area contributed by atoms with Crippen molar-refractivity contribution in [3.63, 3.8) is 0 Å². The zero-order valence-electron chi connectivity index (χ0n) is 6.56. The van der Waals surface area contributed by atoms with Crippen LogP contribution in [-0.4, -0.2) is 31.2 Å². The standard InChI is InChI=1S/C7H13FN2O/c1-2-9-7(11)6-3-5(8)4-10-6/h5-6,10H,2-4H2,1H3,(H,9,11)/t5?,6-/m0/s1. The van der Waals surface area contributed by atoms with Crippen LogP contribution in [-0.2, 0) is 4.79 Å². The Bertz CT molecular complexity index is 151. The van der Waals surface area contributed by atoms with Crippen LogP contribution >= 0.6 is 0 Å². The summed E-state index contributed by atoms with van der Waals surface area (Å²) in [6, 6.07) is -0.315. The van der Waals surface area contributed by atoms with Gasteiger partial charge in [-0.05, 0) is 6.92 Å². The van der Waals surface area contributed by atoms with E-state index < -0.39 is 6.17 Å². The zero-order chi connectivity index (χ0) is 8.27. The van der Waals surface area contributed by atoms with Crippen molar-refractivity contribution in [3.8, 4) is 0 Å². The van der Waals surface area contributed by atoms with Crippen molar-refractivity contribution < 1.29 is 9.18 Å². The lowest BCUT2D eigenvalue weighted by atomic mass is 10.2. The molecule has 0 bridgehead atoms. The lowest BCUT2D eigenvalue weighted by Crippen LogP contribution is -2.40. The smallest absolute Gasteiger partial charge is 0.237 e.